The van der Waals surface area contributed by atoms with Crippen LogP contribution < -0.4 is 0 Å². The number of aryl methyl sites for hydroxylation is 1. The van der Waals surface area contributed by atoms with Crippen molar-refractivity contribution in [1.82, 2.24) is 0 Å². The predicted molar refractivity (Wildman–Crippen MR) is 126 cm³/mol. The van der Waals surface area contributed by atoms with Gasteiger partial charge < -0.3 is 4.43 Å². The van der Waals surface area contributed by atoms with Crippen LogP contribution in [0.3, 0.4) is 0 Å². The molecule has 0 amide bonds. The molecule has 0 heterocycles. The number of benzene rings is 1. The average molecular weight is 506 g/mol. The number of hydrogen-bond donors (Lipinski definition) is 0. The molecule has 0 spiro atoms. The van der Waals surface area contributed by atoms with E-state index in [2.05, 4.69) is 98.5 Å². The summed E-state index contributed by atoms with van der Waals surface area (Å²) in [5, 5.41) is 1.01. The molecule has 1 aromatic carbocycles. The predicted octanol–water partition coefficient (Wildman–Crippen LogP) is 8.60. The SMILES string of the molecule is Cc1cccc(C(CBr)CCCCO[Si](C(C)C)(C(C)C)C(C)C)c1Br. The molecular weight excluding hydrogens is 468 g/mol. The molecule has 0 radical (unpaired) electrons. The molecule has 1 aromatic rings. The van der Waals surface area contributed by atoms with Crippen molar-refractivity contribution < 1.29 is 4.43 Å². The molecule has 0 saturated heterocycles. The van der Waals surface area contributed by atoms with Crippen molar-refractivity contribution in [1.29, 1.82) is 0 Å². The van der Waals surface area contributed by atoms with Gasteiger partial charge in [-0.15, -0.1) is 0 Å². The van der Waals surface area contributed by atoms with E-state index in [0.717, 1.165) is 18.4 Å². The lowest BCUT2D eigenvalue weighted by atomic mass is 9.94. The first-order chi connectivity index (χ1) is 12.2. The molecule has 1 unspecified atom stereocenters. The second-order valence-corrected chi connectivity index (χ2v) is 15.4. The van der Waals surface area contributed by atoms with E-state index in [1.165, 1.54) is 28.4 Å². The summed E-state index contributed by atoms with van der Waals surface area (Å²) >= 11 is 7.50. The van der Waals surface area contributed by atoms with E-state index in [-0.39, 0.29) is 0 Å². The van der Waals surface area contributed by atoms with Crippen LogP contribution in [0.2, 0.25) is 16.6 Å². The van der Waals surface area contributed by atoms with Crippen LogP contribution >= 0.6 is 31.9 Å². The third-order valence-corrected chi connectivity index (χ3v) is 13.8. The number of hydrogen-bond acceptors (Lipinski definition) is 1. The summed E-state index contributed by atoms with van der Waals surface area (Å²) < 4.78 is 7.97. The summed E-state index contributed by atoms with van der Waals surface area (Å²) in [6.07, 6.45) is 3.58. The molecule has 0 saturated carbocycles. The van der Waals surface area contributed by atoms with E-state index in [9.17, 15) is 0 Å². The molecule has 0 N–H and O–H groups in total. The number of halogens is 2. The third-order valence-electron chi connectivity index (χ3n) is 5.85. The van der Waals surface area contributed by atoms with Crippen LogP contribution in [0.15, 0.2) is 22.7 Å². The van der Waals surface area contributed by atoms with Gasteiger partial charge >= 0.3 is 0 Å². The van der Waals surface area contributed by atoms with Gasteiger partial charge in [-0.25, -0.2) is 0 Å². The Bertz CT molecular complexity index is 521. The lowest BCUT2D eigenvalue weighted by Gasteiger charge is -2.42. The number of rotatable bonds is 11. The van der Waals surface area contributed by atoms with E-state index in [1.807, 2.05) is 0 Å². The van der Waals surface area contributed by atoms with Crippen molar-refractivity contribution in [3.8, 4) is 0 Å². The first-order valence-corrected chi connectivity index (χ1v) is 14.2. The van der Waals surface area contributed by atoms with Gasteiger partial charge in [0.2, 0.25) is 0 Å². The van der Waals surface area contributed by atoms with Crippen molar-refractivity contribution in [2.24, 2.45) is 0 Å². The molecule has 1 nitrogen and oxygen atoms in total. The monoisotopic (exact) mass is 504 g/mol. The second-order valence-electron chi connectivity index (χ2n) is 8.49. The Morgan fingerprint density at radius 2 is 1.54 bits per heavy atom. The quantitative estimate of drug-likeness (QED) is 0.166. The van der Waals surface area contributed by atoms with Gasteiger partial charge in [0, 0.05) is 16.4 Å². The van der Waals surface area contributed by atoms with Crippen molar-refractivity contribution in [3.05, 3.63) is 33.8 Å². The highest BCUT2D eigenvalue weighted by atomic mass is 79.9. The molecule has 26 heavy (non-hydrogen) atoms. The molecule has 0 aliphatic rings. The molecule has 0 fully saturated rings. The van der Waals surface area contributed by atoms with E-state index >= 15 is 0 Å². The molecule has 4 heteroatoms. The standard InChI is InChI=1S/C22H38Br2OSi/c1-16(2)26(17(3)4,18(5)6)25-14-9-8-12-20(15-23)21-13-10-11-19(7)22(21)24/h10-11,13,16-18,20H,8-9,12,14-15H2,1-7H3. The Kier molecular flexibility index (Phi) is 10.7. The van der Waals surface area contributed by atoms with E-state index in [1.54, 1.807) is 0 Å². The van der Waals surface area contributed by atoms with Crippen LogP contribution in [0.5, 0.6) is 0 Å². The smallest absolute Gasteiger partial charge is 0.200 e. The summed E-state index contributed by atoms with van der Waals surface area (Å²) in [5.74, 6) is 0.562. The Hall–Kier alpha value is 0.357. The molecular formula is C22H38Br2OSi. The maximum atomic E-state index is 6.70. The molecule has 0 aromatic heterocycles. The number of unbranched alkanes of at least 4 members (excludes halogenated alkanes) is 1. The van der Waals surface area contributed by atoms with E-state index in [0.29, 0.717) is 22.5 Å². The second kappa shape index (κ2) is 11.4. The van der Waals surface area contributed by atoms with E-state index in [4.69, 9.17) is 4.43 Å². The molecule has 0 aliphatic carbocycles. The van der Waals surface area contributed by atoms with Gasteiger partial charge in [0.05, 0.1) is 0 Å². The highest BCUT2D eigenvalue weighted by molar-refractivity contribution is 9.10. The van der Waals surface area contributed by atoms with Gasteiger partial charge in [-0.05, 0) is 53.4 Å². The molecule has 0 aliphatic heterocycles. The summed E-state index contributed by atoms with van der Waals surface area (Å²) in [6, 6.07) is 6.59. The Morgan fingerprint density at radius 1 is 0.962 bits per heavy atom. The molecule has 0 bridgehead atoms. The lowest BCUT2D eigenvalue weighted by Crippen LogP contribution is -2.47. The van der Waals surface area contributed by atoms with Gasteiger partial charge in [-0.2, -0.15) is 0 Å². The normalized spacial score (nSPS) is 13.8. The highest BCUT2D eigenvalue weighted by Crippen LogP contribution is 2.42. The topological polar surface area (TPSA) is 9.23 Å². The fourth-order valence-electron chi connectivity index (χ4n) is 4.54. The summed E-state index contributed by atoms with van der Waals surface area (Å²) in [6.45, 7) is 17.3. The minimum atomic E-state index is -1.71. The lowest BCUT2D eigenvalue weighted by molar-refractivity contribution is 0.267. The zero-order chi connectivity index (χ0) is 19.9. The van der Waals surface area contributed by atoms with Gasteiger partial charge in [-0.1, -0.05) is 98.0 Å². The third kappa shape index (κ3) is 5.92. The minimum Gasteiger partial charge on any atom is -0.416 e. The van der Waals surface area contributed by atoms with E-state index < -0.39 is 8.32 Å². The Morgan fingerprint density at radius 3 is 2.04 bits per heavy atom. The van der Waals surface area contributed by atoms with Crippen molar-refractivity contribution in [2.75, 3.05) is 11.9 Å². The van der Waals surface area contributed by atoms with Crippen LogP contribution in [0.25, 0.3) is 0 Å². The van der Waals surface area contributed by atoms with Gasteiger partial charge in [0.25, 0.3) is 0 Å². The van der Waals surface area contributed by atoms with Crippen molar-refractivity contribution in [3.63, 3.8) is 0 Å². The molecule has 1 atom stereocenters. The minimum absolute atomic E-state index is 0.562. The van der Waals surface area contributed by atoms with Crippen LogP contribution in [-0.2, 0) is 4.43 Å². The van der Waals surface area contributed by atoms with Crippen molar-refractivity contribution in [2.45, 2.75) is 90.3 Å². The fourth-order valence-corrected chi connectivity index (χ4v) is 11.3. The van der Waals surface area contributed by atoms with Crippen molar-refractivity contribution >= 4 is 40.2 Å². The summed E-state index contributed by atoms with van der Waals surface area (Å²) in [5.41, 5.74) is 4.75. The number of alkyl halides is 1. The van der Waals surface area contributed by atoms with Crippen LogP contribution in [0.1, 0.15) is 77.8 Å². The molecule has 1 rings (SSSR count). The van der Waals surface area contributed by atoms with Gasteiger partial charge in [0.15, 0.2) is 8.32 Å². The first kappa shape index (κ1) is 24.4. The zero-order valence-electron chi connectivity index (χ0n) is 17.7. The first-order valence-electron chi connectivity index (χ1n) is 10.1. The zero-order valence-corrected chi connectivity index (χ0v) is 21.9. The molecule has 150 valence electrons. The largest absolute Gasteiger partial charge is 0.416 e. The maximum Gasteiger partial charge on any atom is 0.200 e. The Labute approximate surface area is 180 Å². The van der Waals surface area contributed by atoms with Crippen LogP contribution in [0, 0.1) is 6.92 Å². The van der Waals surface area contributed by atoms with Gasteiger partial charge in [0.1, 0.15) is 0 Å². The highest BCUT2D eigenvalue weighted by Gasteiger charge is 2.44. The Balaban J connectivity index is 2.60. The van der Waals surface area contributed by atoms with Gasteiger partial charge in [-0.3, -0.25) is 0 Å². The summed E-state index contributed by atoms with van der Waals surface area (Å²) in [7, 11) is -1.71. The average Bonchev–Trinajstić information content (AvgIpc) is 2.56. The fraction of sp³-hybridized carbons (Fsp3) is 0.727. The maximum absolute atomic E-state index is 6.70. The van der Waals surface area contributed by atoms with Crippen LogP contribution in [-0.4, -0.2) is 20.3 Å². The van der Waals surface area contributed by atoms with Crippen LogP contribution in [0.4, 0.5) is 0 Å². The summed E-state index contributed by atoms with van der Waals surface area (Å²) in [4.78, 5) is 0.